The number of hydrogen-bond acceptors (Lipinski definition) is 7. The lowest BCUT2D eigenvalue weighted by atomic mass is 10.2. The van der Waals surface area contributed by atoms with Crippen LogP contribution in [-0.2, 0) is 13.0 Å². The highest BCUT2D eigenvalue weighted by molar-refractivity contribution is 4.95. The van der Waals surface area contributed by atoms with Gasteiger partial charge in [0.2, 0.25) is 0 Å². The molecule has 0 unspecified atom stereocenters. The summed E-state index contributed by atoms with van der Waals surface area (Å²) < 4.78 is 15.1. The molecule has 0 amide bonds. The second kappa shape index (κ2) is 4.94. The third kappa shape index (κ3) is 2.80. The monoisotopic (exact) mass is 238 g/mol. The summed E-state index contributed by atoms with van der Waals surface area (Å²) in [5, 5.41) is 7.52. The fourth-order valence-corrected chi connectivity index (χ4v) is 1.13. The summed E-state index contributed by atoms with van der Waals surface area (Å²) in [6.07, 6.45) is 0.839. The van der Waals surface area contributed by atoms with Gasteiger partial charge in [0.25, 0.3) is 5.89 Å². The Labute approximate surface area is 98.2 Å². The highest BCUT2D eigenvalue weighted by Gasteiger charge is 2.12. The van der Waals surface area contributed by atoms with Gasteiger partial charge in [-0.3, -0.25) is 4.52 Å². The first kappa shape index (κ1) is 11.6. The van der Waals surface area contributed by atoms with E-state index in [0.29, 0.717) is 17.5 Å². The minimum absolute atomic E-state index is 0.116. The lowest BCUT2D eigenvalue weighted by Crippen LogP contribution is -1.97. The highest BCUT2D eigenvalue weighted by atomic mass is 16.6. The summed E-state index contributed by atoms with van der Waals surface area (Å²) in [7, 11) is 0. The Morgan fingerprint density at radius 2 is 2.00 bits per heavy atom. The number of ether oxygens (including phenoxy) is 1. The van der Waals surface area contributed by atoms with E-state index in [1.165, 1.54) is 0 Å². The van der Waals surface area contributed by atoms with Gasteiger partial charge in [-0.25, -0.2) is 0 Å². The van der Waals surface area contributed by atoms with Crippen LogP contribution in [-0.4, -0.2) is 20.3 Å². The molecular formula is C10H14N4O3. The molecule has 2 aromatic rings. The molecule has 0 aliphatic heterocycles. The average molecular weight is 238 g/mol. The van der Waals surface area contributed by atoms with Crippen molar-refractivity contribution in [2.45, 2.75) is 39.7 Å². The zero-order valence-corrected chi connectivity index (χ0v) is 10.0. The molecule has 2 aromatic heterocycles. The molecule has 0 fully saturated rings. The van der Waals surface area contributed by atoms with Crippen molar-refractivity contribution in [2.75, 3.05) is 0 Å². The third-order valence-corrected chi connectivity index (χ3v) is 2.08. The molecule has 17 heavy (non-hydrogen) atoms. The topological polar surface area (TPSA) is 87.1 Å². The van der Waals surface area contributed by atoms with Gasteiger partial charge in [0, 0.05) is 12.3 Å². The van der Waals surface area contributed by atoms with Gasteiger partial charge >= 0.3 is 6.08 Å². The Balaban J connectivity index is 1.92. The molecule has 0 aromatic carbocycles. The Bertz CT molecular complexity index is 477. The van der Waals surface area contributed by atoms with Crippen LogP contribution in [0.1, 0.15) is 44.2 Å². The van der Waals surface area contributed by atoms with Gasteiger partial charge in [0.15, 0.2) is 18.3 Å². The van der Waals surface area contributed by atoms with E-state index in [1.54, 1.807) is 0 Å². The quantitative estimate of drug-likeness (QED) is 0.783. The molecule has 0 saturated carbocycles. The van der Waals surface area contributed by atoms with Crippen molar-refractivity contribution in [3.63, 3.8) is 0 Å². The number of nitrogens with zero attached hydrogens (tertiary/aromatic N) is 4. The maximum atomic E-state index is 5.24. The van der Waals surface area contributed by atoms with Gasteiger partial charge in [-0.1, -0.05) is 31.1 Å². The summed E-state index contributed by atoms with van der Waals surface area (Å²) in [6.45, 7) is 6.02. The second-order valence-electron chi connectivity index (χ2n) is 3.82. The van der Waals surface area contributed by atoms with Crippen molar-refractivity contribution >= 4 is 0 Å². The summed E-state index contributed by atoms with van der Waals surface area (Å²) >= 11 is 0. The minimum Gasteiger partial charge on any atom is -0.439 e. The third-order valence-electron chi connectivity index (χ3n) is 2.08. The van der Waals surface area contributed by atoms with Crippen molar-refractivity contribution in [3.05, 3.63) is 17.5 Å². The van der Waals surface area contributed by atoms with Crippen molar-refractivity contribution in [2.24, 2.45) is 0 Å². The Kier molecular flexibility index (Phi) is 3.36. The Morgan fingerprint density at radius 1 is 1.18 bits per heavy atom. The summed E-state index contributed by atoms with van der Waals surface area (Å²) in [5.41, 5.74) is 0. The molecule has 0 aliphatic rings. The normalized spacial score (nSPS) is 11.1. The molecule has 0 saturated heterocycles. The molecule has 0 N–H and O–H groups in total. The van der Waals surface area contributed by atoms with Gasteiger partial charge in [0.05, 0.1) is 0 Å². The van der Waals surface area contributed by atoms with E-state index in [1.807, 2.05) is 20.8 Å². The zero-order valence-electron chi connectivity index (χ0n) is 10.0. The molecule has 0 aliphatic carbocycles. The first-order chi connectivity index (χ1) is 8.19. The van der Waals surface area contributed by atoms with Crippen LogP contribution in [0.5, 0.6) is 6.08 Å². The van der Waals surface area contributed by atoms with Crippen molar-refractivity contribution in [1.29, 1.82) is 0 Å². The fourth-order valence-electron chi connectivity index (χ4n) is 1.13. The average Bonchev–Trinajstić information content (AvgIpc) is 2.95. The first-order valence-corrected chi connectivity index (χ1v) is 5.47. The second-order valence-corrected chi connectivity index (χ2v) is 3.82. The van der Waals surface area contributed by atoms with Crippen LogP contribution in [0, 0.1) is 0 Å². The first-order valence-electron chi connectivity index (χ1n) is 5.47. The van der Waals surface area contributed by atoms with Crippen LogP contribution in [0.2, 0.25) is 0 Å². The summed E-state index contributed by atoms with van der Waals surface area (Å²) in [4.78, 5) is 8.16. The number of aryl methyl sites for hydroxylation is 1. The molecule has 0 atom stereocenters. The summed E-state index contributed by atoms with van der Waals surface area (Å²) in [6, 6.07) is 0. The van der Waals surface area contributed by atoms with Crippen molar-refractivity contribution in [3.8, 4) is 6.08 Å². The Morgan fingerprint density at radius 3 is 2.59 bits per heavy atom. The van der Waals surface area contributed by atoms with E-state index >= 15 is 0 Å². The van der Waals surface area contributed by atoms with Crippen LogP contribution < -0.4 is 4.74 Å². The smallest absolute Gasteiger partial charge is 0.417 e. The number of rotatable bonds is 5. The van der Waals surface area contributed by atoms with Crippen LogP contribution in [0.4, 0.5) is 0 Å². The maximum Gasteiger partial charge on any atom is 0.417 e. The van der Waals surface area contributed by atoms with Gasteiger partial charge in [-0.05, 0) is 0 Å². The molecule has 7 heteroatoms. The van der Waals surface area contributed by atoms with Crippen molar-refractivity contribution < 1.29 is 13.8 Å². The zero-order chi connectivity index (χ0) is 12.3. The standard InChI is InChI=1S/C10H14N4O3/c1-4-7-11-8(16-13-7)5-15-10-12-9(6(2)3)14-17-10/h6H,4-5H2,1-3H3. The molecular weight excluding hydrogens is 224 g/mol. The highest BCUT2D eigenvalue weighted by Crippen LogP contribution is 2.15. The largest absolute Gasteiger partial charge is 0.439 e. The molecule has 0 radical (unpaired) electrons. The van der Waals surface area contributed by atoms with Crippen LogP contribution >= 0.6 is 0 Å². The van der Waals surface area contributed by atoms with E-state index in [0.717, 1.165) is 6.42 Å². The van der Waals surface area contributed by atoms with Crippen LogP contribution in [0.3, 0.4) is 0 Å². The van der Waals surface area contributed by atoms with Gasteiger partial charge in [-0.15, -0.1) is 0 Å². The minimum atomic E-state index is 0.116. The number of hydrogen-bond donors (Lipinski definition) is 0. The lowest BCUT2D eigenvalue weighted by Gasteiger charge is -1.94. The van der Waals surface area contributed by atoms with E-state index in [9.17, 15) is 0 Å². The SMILES string of the molecule is CCc1noc(COc2nc(C(C)C)no2)n1. The predicted molar refractivity (Wildman–Crippen MR) is 56.4 cm³/mol. The number of aromatic nitrogens is 4. The van der Waals surface area contributed by atoms with Gasteiger partial charge < -0.3 is 9.26 Å². The van der Waals surface area contributed by atoms with Crippen LogP contribution in [0.25, 0.3) is 0 Å². The lowest BCUT2D eigenvalue weighted by molar-refractivity contribution is 0.169. The van der Waals surface area contributed by atoms with Gasteiger partial charge in [0.1, 0.15) is 0 Å². The van der Waals surface area contributed by atoms with Crippen LogP contribution in [0.15, 0.2) is 9.05 Å². The van der Waals surface area contributed by atoms with E-state index in [-0.39, 0.29) is 18.6 Å². The molecule has 7 nitrogen and oxygen atoms in total. The maximum absolute atomic E-state index is 5.24. The van der Waals surface area contributed by atoms with E-state index in [2.05, 4.69) is 20.3 Å². The predicted octanol–water partition coefficient (Wildman–Crippen LogP) is 1.72. The fraction of sp³-hybridized carbons (Fsp3) is 0.600. The molecule has 0 spiro atoms. The van der Waals surface area contributed by atoms with Gasteiger partial charge in [-0.2, -0.15) is 9.97 Å². The van der Waals surface area contributed by atoms with E-state index in [4.69, 9.17) is 13.8 Å². The van der Waals surface area contributed by atoms with E-state index < -0.39 is 0 Å². The summed E-state index contributed by atoms with van der Waals surface area (Å²) in [5.74, 6) is 1.86. The molecule has 2 heterocycles. The Hall–Kier alpha value is -1.92. The molecule has 0 bridgehead atoms. The van der Waals surface area contributed by atoms with Crippen molar-refractivity contribution in [1.82, 2.24) is 20.3 Å². The molecule has 92 valence electrons. The molecule has 2 rings (SSSR count).